The molecule has 2 aromatic heterocycles. The summed E-state index contributed by atoms with van der Waals surface area (Å²) in [6, 6.07) is 0. The third-order valence-electron chi connectivity index (χ3n) is 3.37. The van der Waals surface area contributed by atoms with E-state index in [0.717, 1.165) is 61.8 Å². The summed E-state index contributed by atoms with van der Waals surface area (Å²) in [5.41, 5.74) is 0.824. The molecule has 0 fully saturated rings. The molecule has 0 bridgehead atoms. The molecule has 0 saturated carbocycles. The maximum Gasteiger partial charge on any atom is 0.191 e. The number of unbranched alkanes of at least 4 members (excludes halogenated alkanes) is 1. The van der Waals surface area contributed by atoms with Crippen LogP contribution in [0.15, 0.2) is 17.5 Å². The van der Waals surface area contributed by atoms with Crippen molar-refractivity contribution in [3.8, 4) is 0 Å². The summed E-state index contributed by atoms with van der Waals surface area (Å²) in [6.07, 6.45) is 5.59. The van der Waals surface area contributed by atoms with Crippen molar-refractivity contribution in [1.82, 2.24) is 30.4 Å². The Morgan fingerprint density at radius 2 is 2.09 bits per heavy atom. The predicted octanol–water partition coefficient (Wildman–Crippen LogP) is 1.13. The molecule has 8 heteroatoms. The van der Waals surface area contributed by atoms with E-state index in [2.05, 4.69) is 49.9 Å². The SMILES string of the molecule is CCCCN=C(NCC)NCCNc1ncnc2c1cnn2C. The number of aliphatic imine (C=N–C) groups is 1. The van der Waals surface area contributed by atoms with Gasteiger partial charge in [-0.2, -0.15) is 5.10 Å². The Kier molecular flexibility index (Phi) is 6.58. The summed E-state index contributed by atoms with van der Waals surface area (Å²) in [6.45, 7) is 7.42. The highest BCUT2D eigenvalue weighted by atomic mass is 15.3. The number of hydrogen-bond acceptors (Lipinski definition) is 5. The summed E-state index contributed by atoms with van der Waals surface area (Å²) in [5.74, 6) is 1.66. The quantitative estimate of drug-likeness (QED) is 0.384. The molecule has 0 atom stereocenters. The van der Waals surface area contributed by atoms with Gasteiger partial charge in [-0.05, 0) is 13.3 Å². The summed E-state index contributed by atoms with van der Waals surface area (Å²) in [4.78, 5) is 13.0. The Balaban J connectivity index is 1.84. The zero-order chi connectivity index (χ0) is 16.5. The third-order valence-corrected chi connectivity index (χ3v) is 3.37. The van der Waals surface area contributed by atoms with Crippen LogP contribution in [-0.4, -0.2) is 51.9 Å². The van der Waals surface area contributed by atoms with Gasteiger partial charge in [0, 0.05) is 33.2 Å². The minimum atomic E-state index is 0.735. The lowest BCUT2D eigenvalue weighted by molar-refractivity contribution is 0.774. The lowest BCUT2D eigenvalue weighted by Gasteiger charge is -2.12. The van der Waals surface area contributed by atoms with E-state index in [9.17, 15) is 0 Å². The van der Waals surface area contributed by atoms with E-state index in [1.807, 2.05) is 7.05 Å². The van der Waals surface area contributed by atoms with Gasteiger partial charge >= 0.3 is 0 Å². The number of nitrogens with one attached hydrogen (secondary N) is 3. The minimum absolute atomic E-state index is 0.735. The summed E-state index contributed by atoms with van der Waals surface area (Å²) >= 11 is 0. The van der Waals surface area contributed by atoms with Gasteiger partial charge in [-0.15, -0.1) is 0 Å². The molecular weight excluding hydrogens is 292 g/mol. The van der Waals surface area contributed by atoms with Gasteiger partial charge in [-0.3, -0.25) is 9.67 Å². The fourth-order valence-corrected chi connectivity index (χ4v) is 2.16. The van der Waals surface area contributed by atoms with Crippen LogP contribution >= 0.6 is 0 Å². The summed E-state index contributed by atoms with van der Waals surface area (Å²) < 4.78 is 1.74. The van der Waals surface area contributed by atoms with Crippen molar-refractivity contribution in [3.05, 3.63) is 12.5 Å². The molecule has 2 rings (SSSR count). The Morgan fingerprint density at radius 1 is 1.22 bits per heavy atom. The van der Waals surface area contributed by atoms with Crippen LogP contribution in [0, 0.1) is 0 Å². The number of aromatic nitrogens is 4. The van der Waals surface area contributed by atoms with Gasteiger partial charge in [-0.1, -0.05) is 13.3 Å². The topological polar surface area (TPSA) is 92.1 Å². The summed E-state index contributed by atoms with van der Waals surface area (Å²) in [7, 11) is 1.87. The fraction of sp³-hybridized carbons (Fsp3) is 0.600. The van der Waals surface area contributed by atoms with E-state index in [1.165, 1.54) is 0 Å². The average molecular weight is 318 g/mol. The van der Waals surface area contributed by atoms with E-state index in [4.69, 9.17) is 0 Å². The normalized spacial score (nSPS) is 11.7. The molecule has 0 saturated heterocycles. The number of fused-ring (bicyclic) bond motifs is 1. The number of guanidine groups is 1. The number of nitrogens with zero attached hydrogens (tertiary/aromatic N) is 5. The molecule has 0 aliphatic rings. The van der Waals surface area contributed by atoms with E-state index < -0.39 is 0 Å². The molecule has 126 valence electrons. The van der Waals surface area contributed by atoms with Gasteiger partial charge in [0.25, 0.3) is 0 Å². The lowest BCUT2D eigenvalue weighted by Crippen LogP contribution is -2.39. The number of aryl methyl sites for hydroxylation is 1. The highest BCUT2D eigenvalue weighted by molar-refractivity contribution is 5.86. The molecule has 3 N–H and O–H groups in total. The van der Waals surface area contributed by atoms with Crippen LogP contribution in [-0.2, 0) is 7.05 Å². The van der Waals surface area contributed by atoms with Crippen LogP contribution < -0.4 is 16.0 Å². The maximum absolute atomic E-state index is 4.53. The molecule has 23 heavy (non-hydrogen) atoms. The van der Waals surface area contributed by atoms with Crippen molar-refractivity contribution in [1.29, 1.82) is 0 Å². The smallest absolute Gasteiger partial charge is 0.191 e. The van der Waals surface area contributed by atoms with Crippen LogP contribution in [0.4, 0.5) is 5.82 Å². The van der Waals surface area contributed by atoms with Crippen molar-refractivity contribution in [2.75, 3.05) is 31.5 Å². The van der Waals surface area contributed by atoms with Gasteiger partial charge in [-0.25, -0.2) is 9.97 Å². The standard InChI is InChI=1S/C15H26N8/c1-4-6-7-18-15(16-5-2)19-9-8-17-13-12-10-22-23(3)14(12)21-11-20-13/h10-11H,4-9H2,1-3H3,(H2,16,18,19)(H,17,20,21). The first-order valence-electron chi connectivity index (χ1n) is 8.15. The molecule has 0 aromatic carbocycles. The monoisotopic (exact) mass is 318 g/mol. The molecule has 0 amide bonds. The van der Waals surface area contributed by atoms with Gasteiger partial charge in [0.1, 0.15) is 12.1 Å². The minimum Gasteiger partial charge on any atom is -0.368 e. The van der Waals surface area contributed by atoms with Crippen molar-refractivity contribution in [2.24, 2.45) is 12.0 Å². The zero-order valence-corrected chi connectivity index (χ0v) is 14.1. The van der Waals surface area contributed by atoms with E-state index in [1.54, 1.807) is 17.2 Å². The van der Waals surface area contributed by atoms with Crippen molar-refractivity contribution in [3.63, 3.8) is 0 Å². The maximum atomic E-state index is 4.53. The Hall–Kier alpha value is -2.38. The Bertz CT molecular complexity index is 633. The van der Waals surface area contributed by atoms with Crippen LogP contribution in [0.1, 0.15) is 26.7 Å². The zero-order valence-electron chi connectivity index (χ0n) is 14.1. The van der Waals surface area contributed by atoms with Crippen LogP contribution in [0.2, 0.25) is 0 Å². The third kappa shape index (κ3) is 4.80. The molecule has 8 nitrogen and oxygen atoms in total. The molecule has 2 aromatic rings. The molecule has 0 aliphatic heterocycles. The largest absolute Gasteiger partial charge is 0.368 e. The van der Waals surface area contributed by atoms with E-state index in [0.29, 0.717) is 0 Å². The van der Waals surface area contributed by atoms with E-state index >= 15 is 0 Å². The number of hydrogen-bond donors (Lipinski definition) is 3. The van der Waals surface area contributed by atoms with Gasteiger partial charge in [0.15, 0.2) is 11.6 Å². The van der Waals surface area contributed by atoms with Crippen LogP contribution in [0.25, 0.3) is 11.0 Å². The first-order valence-corrected chi connectivity index (χ1v) is 8.15. The first kappa shape index (κ1) is 17.0. The number of rotatable bonds is 8. The van der Waals surface area contributed by atoms with Gasteiger partial charge in [0.05, 0.1) is 11.6 Å². The lowest BCUT2D eigenvalue weighted by atomic mass is 10.3. The van der Waals surface area contributed by atoms with E-state index in [-0.39, 0.29) is 0 Å². The molecule has 0 radical (unpaired) electrons. The first-order chi connectivity index (χ1) is 11.3. The van der Waals surface area contributed by atoms with Crippen molar-refractivity contribution < 1.29 is 0 Å². The molecular formula is C15H26N8. The molecule has 2 heterocycles. The number of anilines is 1. The average Bonchev–Trinajstić information content (AvgIpc) is 2.94. The van der Waals surface area contributed by atoms with Crippen molar-refractivity contribution in [2.45, 2.75) is 26.7 Å². The Morgan fingerprint density at radius 3 is 2.87 bits per heavy atom. The van der Waals surface area contributed by atoms with Crippen LogP contribution in [0.5, 0.6) is 0 Å². The fourth-order valence-electron chi connectivity index (χ4n) is 2.16. The molecule has 0 spiro atoms. The molecule has 0 unspecified atom stereocenters. The van der Waals surface area contributed by atoms with Crippen LogP contribution in [0.3, 0.4) is 0 Å². The highest BCUT2D eigenvalue weighted by Gasteiger charge is 2.06. The second-order valence-corrected chi connectivity index (χ2v) is 5.20. The highest BCUT2D eigenvalue weighted by Crippen LogP contribution is 2.16. The van der Waals surface area contributed by atoms with Gasteiger partial charge < -0.3 is 16.0 Å². The Labute approximate surface area is 136 Å². The predicted molar refractivity (Wildman–Crippen MR) is 93.7 cm³/mol. The molecule has 0 aliphatic carbocycles. The summed E-state index contributed by atoms with van der Waals surface area (Å²) in [5, 5.41) is 15.0. The second-order valence-electron chi connectivity index (χ2n) is 5.20. The van der Waals surface area contributed by atoms with Gasteiger partial charge in [0.2, 0.25) is 0 Å². The second kappa shape index (κ2) is 8.92. The van der Waals surface area contributed by atoms with Crippen molar-refractivity contribution >= 4 is 22.8 Å².